The molecule has 2 aliphatic heterocycles. The van der Waals surface area contributed by atoms with Crippen molar-refractivity contribution in [3.05, 3.63) is 0 Å². The van der Waals surface area contributed by atoms with Crippen molar-refractivity contribution in [2.45, 2.75) is 37.0 Å². The third-order valence-corrected chi connectivity index (χ3v) is 5.68. The molecule has 2 heterocycles. The number of sulfonamides is 1. The predicted molar refractivity (Wildman–Crippen MR) is 55.9 cm³/mol. The topological polar surface area (TPSA) is 49.4 Å². The summed E-state index contributed by atoms with van der Waals surface area (Å²) in [6.45, 7) is 1.96. The smallest absolute Gasteiger partial charge is 0.261 e. The van der Waals surface area contributed by atoms with Crippen LogP contribution in [0, 0.1) is 0 Å². The molecule has 0 aromatic heterocycles. The van der Waals surface area contributed by atoms with Gasteiger partial charge in [-0.2, -0.15) is 4.31 Å². The second-order valence-corrected chi connectivity index (χ2v) is 6.90. The first-order chi connectivity index (χ1) is 7.33. The summed E-state index contributed by atoms with van der Waals surface area (Å²) in [4.78, 5) is 0. The number of nitrogens with zero attached hydrogens (tertiary/aromatic N) is 1. The first kappa shape index (κ1) is 12.2. The van der Waals surface area contributed by atoms with Crippen LogP contribution in [-0.2, 0) is 10.0 Å². The van der Waals surface area contributed by atoms with Gasteiger partial charge in [0.15, 0.2) is 0 Å². The third-order valence-electron chi connectivity index (χ3n) is 3.30. The Morgan fingerprint density at radius 1 is 1.44 bits per heavy atom. The molecule has 0 amide bonds. The molecule has 2 fully saturated rings. The molecule has 16 heavy (non-hydrogen) atoms. The maximum Gasteiger partial charge on any atom is 0.261 e. The van der Waals surface area contributed by atoms with Gasteiger partial charge in [-0.3, -0.25) is 0 Å². The van der Waals surface area contributed by atoms with Crippen molar-refractivity contribution in [1.82, 2.24) is 9.62 Å². The number of piperidine rings is 1. The lowest BCUT2D eigenvalue weighted by Crippen LogP contribution is -2.54. The van der Waals surface area contributed by atoms with Crippen LogP contribution in [-0.4, -0.2) is 49.6 Å². The van der Waals surface area contributed by atoms with Crippen molar-refractivity contribution < 1.29 is 17.2 Å². The molecule has 2 atom stereocenters. The summed E-state index contributed by atoms with van der Waals surface area (Å²) in [6.07, 6.45) is 0.163. The molecule has 0 unspecified atom stereocenters. The third kappa shape index (κ3) is 2.08. The summed E-state index contributed by atoms with van der Waals surface area (Å²) < 4.78 is 51.3. The van der Waals surface area contributed by atoms with Gasteiger partial charge in [0.2, 0.25) is 10.0 Å². The second kappa shape index (κ2) is 3.89. The van der Waals surface area contributed by atoms with Crippen molar-refractivity contribution in [2.24, 2.45) is 0 Å². The van der Waals surface area contributed by atoms with Gasteiger partial charge >= 0.3 is 0 Å². The molecule has 0 spiro atoms. The first-order valence-electron chi connectivity index (χ1n) is 5.42. The van der Waals surface area contributed by atoms with E-state index in [9.17, 15) is 17.2 Å². The van der Waals surface area contributed by atoms with Crippen molar-refractivity contribution in [3.63, 3.8) is 0 Å². The molecule has 2 saturated heterocycles. The molecule has 0 aromatic rings. The summed E-state index contributed by atoms with van der Waals surface area (Å²) in [5.74, 6) is -2.80. The lowest BCUT2D eigenvalue weighted by Gasteiger charge is -2.34. The average molecular weight is 254 g/mol. The number of hydrogen-bond acceptors (Lipinski definition) is 3. The van der Waals surface area contributed by atoms with Gasteiger partial charge in [0.1, 0.15) is 0 Å². The molecule has 1 N–H and O–H groups in total. The standard InChI is InChI=1S/C9H16F2N2O2S/c1-7-2-3-13(16(7,14)15)8-4-9(10,11)6-12-5-8/h7-8,12H,2-6H2,1H3/t7-,8+/m0/s1. The van der Waals surface area contributed by atoms with Gasteiger partial charge < -0.3 is 5.32 Å². The molecule has 2 rings (SSSR count). The summed E-state index contributed by atoms with van der Waals surface area (Å²) in [7, 11) is -3.36. The zero-order valence-electron chi connectivity index (χ0n) is 9.12. The van der Waals surface area contributed by atoms with Crippen LogP contribution in [0.3, 0.4) is 0 Å². The normalized spacial score (nSPS) is 38.7. The maximum atomic E-state index is 13.2. The van der Waals surface area contributed by atoms with E-state index in [2.05, 4.69) is 5.32 Å². The van der Waals surface area contributed by atoms with Crippen LogP contribution in [0.15, 0.2) is 0 Å². The molecular formula is C9H16F2N2O2S. The van der Waals surface area contributed by atoms with Crippen molar-refractivity contribution in [2.75, 3.05) is 19.6 Å². The molecule has 7 heteroatoms. The average Bonchev–Trinajstić information content (AvgIpc) is 2.40. The fourth-order valence-electron chi connectivity index (χ4n) is 2.32. The molecule has 0 aromatic carbocycles. The van der Waals surface area contributed by atoms with Gasteiger partial charge in [0.05, 0.1) is 11.8 Å². The summed E-state index contributed by atoms with van der Waals surface area (Å²) in [6, 6.07) is -0.598. The molecule has 0 bridgehead atoms. The van der Waals surface area contributed by atoms with E-state index >= 15 is 0 Å². The lowest BCUT2D eigenvalue weighted by molar-refractivity contribution is -0.0397. The van der Waals surface area contributed by atoms with E-state index in [-0.39, 0.29) is 13.0 Å². The van der Waals surface area contributed by atoms with E-state index in [0.29, 0.717) is 19.5 Å². The zero-order valence-corrected chi connectivity index (χ0v) is 9.93. The SMILES string of the molecule is C[C@H]1CCN([C@H]2CNCC(F)(F)C2)S1(=O)=O. The summed E-state index contributed by atoms with van der Waals surface area (Å²) in [5, 5.41) is 2.16. The summed E-state index contributed by atoms with van der Waals surface area (Å²) in [5.41, 5.74) is 0. The Morgan fingerprint density at radius 2 is 2.12 bits per heavy atom. The maximum absolute atomic E-state index is 13.2. The fraction of sp³-hybridized carbons (Fsp3) is 1.00. The minimum absolute atomic E-state index is 0.321. The highest BCUT2D eigenvalue weighted by Gasteiger charge is 2.45. The van der Waals surface area contributed by atoms with E-state index in [1.54, 1.807) is 6.92 Å². The van der Waals surface area contributed by atoms with Crippen LogP contribution in [0.25, 0.3) is 0 Å². The highest BCUT2D eigenvalue weighted by Crippen LogP contribution is 2.31. The number of halogens is 2. The van der Waals surface area contributed by atoms with E-state index in [1.807, 2.05) is 0 Å². The summed E-state index contributed by atoms with van der Waals surface area (Å²) >= 11 is 0. The molecule has 94 valence electrons. The van der Waals surface area contributed by atoms with Gasteiger partial charge in [0, 0.05) is 25.6 Å². The van der Waals surface area contributed by atoms with Gasteiger partial charge in [-0.1, -0.05) is 0 Å². The Kier molecular flexibility index (Phi) is 2.96. The largest absolute Gasteiger partial charge is 0.310 e. The van der Waals surface area contributed by atoms with Crippen molar-refractivity contribution >= 4 is 10.0 Å². The van der Waals surface area contributed by atoms with E-state index < -0.39 is 27.2 Å². The van der Waals surface area contributed by atoms with E-state index in [0.717, 1.165) is 0 Å². The van der Waals surface area contributed by atoms with Gasteiger partial charge in [-0.25, -0.2) is 17.2 Å². The van der Waals surface area contributed by atoms with Crippen molar-refractivity contribution in [3.8, 4) is 0 Å². The minimum Gasteiger partial charge on any atom is -0.310 e. The van der Waals surface area contributed by atoms with Crippen LogP contribution in [0.4, 0.5) is 8.78 Å². The molecule has 2 aliphatic rings. The number of rotatable bonds is 1. The highest BCUT2D eigenvalue weighted by molar-refractivity contribution is 7.90. The van der Waals surface area contributed by atoms with Crippen LogP contribution >= 0.6 is 0 Å². The molecule has 0 saturated carbocycles. The van der Waals surface area contributed by atoms with Crippen LogP contribution in [0.5, 0.6) is 0 Å². The van der Waals surface area contributed by atoms with E-state index in [4.69, 9.17) is 0 Å². The Labute approximate surface area is 94.0 Å². The predicted octanol–water partition coefficient (Wildman–Crippen LogP) is 0.408. The molecule has 0 radical (unpaired) electrons. The zero-order chi connectivity index (χ0) is 12.0. The second-order valence-electron chi connectivity index (χ2n) is 4.60. The minimum atomic E-state index is -3.36. The van der Waals surface area contributed by atoms with Crippen molar-refractivity contribution in [1.29, 1.82) is 0 Å². The Bertz CT molecular complexity index is 372. The quantitative estimate of drug-likeness (QED) is 0.737. The molecule has 0 aliphatic carbocycles. The van der Waals surface area contributed by atoms with E-state index in [1.165, 1.54) is 4.31 Å². The molecular weight excluding hydrogens is 238 g/mol. The number of hydrogen-bond donors (Lipinski definition) is 1. The lowest BCUT2D eigenvalue weighted by atomic mass is 10.0. The Hall–Kier alpha value is -0.270. The monoisotopic (exact) mass is 254 g/mol. The van der Waals surface area contributed by atoms with Crippen LogP contribution < -0.4 is 5.32 Å². The number of alkyl halides is 2. The Morgan fingerprint density at radius 3 is 2.62 bits per heavy atom. The number of nitrogens with one attached hydrogen (secondary N) is 1. The Balaban J connectivity index is 2.14. The van der Waals surface area contributed by atoms with Gasteiger partial charge in [0.25, 0.3) is 5.92 Å². The van der Waals surface area contributed by atoms with Crippen LogP contribution in [0.2, 0.25) is 0 Å². The van der Waals surface area contributed by atoms with Crippen LogP contribution in [0.1, 0.15) is 19.8 Å². The van der Waals surface area contributed by atoms with Gasteiger partial charge in [-0.05, 0) is 13.3 Å². The fourth-order valence-corrected chi connectivity index (χ4v) is 4.11. The first-order valence-corrected chi connectivity index (χ1v) is 6.92. The van der Waals surface area contributed by atoms with Gasteiger partial charge in [-0.15, -0.1) is 0 Å². The highest BCUT2D eigenvalue weighted by atomic mass is 32.2. The molecule has 4 nitrogen and oxygen atoms in total.